The van der Waals surface area contributed by atoms with Crippen molar-refractivity contribution in [3.05, 3.63) is 24.3 Å². The van der Waals surface area contributed by atoms with Crippen LogP contribution < -0.4 is 14.8 Å². The Hall–Kier alpha value is -2.24. The average Bonchev–Trinajstić information content (AvgIpc) is 2.51. The minimum Gasteiger partial charge on any atom is -0.494 e. The summed E-state index contributed by atoms with van der Waals surface area (Å²) in [7, 11) is 0. The molecule has 0 bridgehead atoms. The molecule has 1 aromatic carbocycles. The van der Waals surface area contributed by atoms with Gasteiger partial charge in [-0.2, -0.15) is 0 Å². The van der Waals surface area contributed by atoms with Crippen molar-refractivity contribution in [3.8, 4) is 11.5 Å². The van der Waals surface area contributed by atoms with Crippen LogP contribution in [0.1, 0.15) is 33.6 Å². The van der Waals surface area contributed by atoms with Gasteiger partial charge in [0.1, 0.15) is 17.0 Å². The fraction of sp³-hybridized carbons (Fsp3) is 0.500. The van der Waals surface area contributed by atoms with Gasteiger partial charge in [0, 0.05) is 0 Å². The third-order valence-electron chi connectivity index (χ3n) is 3.26. The van der Waals surface area contributed by atoms with E-state index in [0.717, 1.165) is 12.2 Å². The van der Waals surface area contributed by atoms with Crippen LogP contribution in [0.4, 0.5) is 0 Å². The van der Waals surface area contributed by atoms with Crippen LogP contribution in [0.25, 0.3) is 0 Å². The molecule has 0 aliphatic heterocycles. The molecule has 6 heteroatoms. The summed E-state index contributed by atoms with van der Waals surface area (Å²) in [5.41, 5.74) is -1.28. The van der Waals surface area contributed by atoms with Gasteiger partial charge in [-0.15, -0.1) is 0 Å². The van der Waals surface area contributed by atoms with Crippen LogP contribution in [0.15, 0.2) is 24.3 Å². The maximum atomic E-state index is 11.8. The predicted molar refractivity (Wildman–Crippen MR) is 82.2 cm³/mol. The summed E-state index contributed by atoms with van der Waals surface area (Å²) in [4.78, 5) is 22.9. The van der Waals surface area contributed by atoms with Gasteiger partial charge in [-0.25, -0.2) is 4.79 Å². The lowest BCUT2D eigenvalue weighted by Crippen LogP contribution is -2.53. The average molecular weight is 309 g/mol. The number of nitrogens with one attached hydrogen (secondary N) is 1. The van der Waals surface area contributed by atoms with Crippen LogP contribution >= 0.6 is 0 Å². The molecule has 0 aliphatic rings. The van der Waals surface area contributed by atoms with Crippen molar-refractivity contribution in [1.29, 1.82) is 0 Å². The monoisotopic (exact) mass is 309 g/mol. The summed E-state index contributed by atoms with van der Waals surface area (Å²) in [5, 5.41) is 11.6. The molecule has 0 aliphatic carbocycles. The van der Waals surface area contributed by atoms with Crippen LogP contribution in [0.2, 0.25) is 0 Å². The molecule has 1 amide bonds. The molecule has 1 aromatic rings. The number of ether oxygens (including phenoxy) is 2. The number of hydrogen-bond acceptors (Lipinski definition) is 4. The highest BCUT2D eigenvalue weighted by molar-refractivity contribution is 5.87. The molecule has 0 spiro atoms. The van der Waals surface area contributed by atoms with E-state index in [2.05, 4.69) is 5.32 Å². The fourth-order valence-corrected chi connectivity index (χ4v) is 1.64. The topological polar surface area (TPSA) is 84.9 Å². The Bertz CT molecular complexity index is 500. The number of aliphatic carboxylic acids is 1. The molecule has 1 unspecified atom stereocenters. The highest BCUT2D eigenvalue weighted by Crippen LogP contribution is 2.17. The van der Waals surface area contributed by atoms with Gasteiger partial charge in [0.25, 0.3) is 5.91 Å². The Labute approximate surface area is 130 Å². The smallest absolute Gasteiger partial charge is 0.329 e. The second-order valence-electron chi connectivity index (χ2n) is 5.15. The molecule has 0 aromatic heterocycles. The number of amides is 1. The largest absolute Gasteiger partial charge is 0.494 e. The Morgan fingerprint density at radius 3 is 2.14 bits per heavy atom. The lowest BCUT2D eigenvalue weighted by Gasteiger charge is -2.24. The lowest BCUT2D eigenvalue weighted by atomic mass is 9.99. The molecule has 6 nitrogen and oxygen atoms in total. The molecule has 0 heterocycles. The van der Waals surface area contributed by atoms with Gasteiger partial charge in [0.05, 0.1) is 6.61 Å². The molecule has 22 heavy (non-hydrogen) atoms. The fourth-order valence-electron chi connectivity index (χ4n) is 1.64. The first-order valence-corrected chi connectivity index (χ1v) is 7.31. The van der Waals surface area contributed by atoms with Gasteiger partial charge in [-0.1, -0.05) is 13.8 Å². The van der Waals surface area contributed by atoms with Crippen molar-refractivity contribution >= 4 is 11.9 Å². The molecule has 122 valence electrons. The van der Waals surface area contributed by atoms with Crippen molar-refractivity contribution in [3.63, 3.8) is 0 Å². The van der Waals surface area contributed by atoms with Gasteiger partial charge in [0.2, 0.25) is 0 Å². The molecule has 1 atom stereocenters. The number of carbonyl (C=O) groups excluding carboxylic acids is 1. The summed E-state index contributed by atoms with van der Waals surface area (Å²) < 4.78 is 10.8. The van der Waals surface area contributed by atoms with Crippen molar-refractivity contribution in [2.75, 3.05) is 13.2 Å². The van der Waals surface area contributed by atoms with Gasteiger partial charge >= 0.3 is 5.97 Å². The van der Waals surface area contributed by atoms with Crippen molar-refractivity contribution in [1.82, 2.24) is 5.32 Å². The summed E-state index contributed by atoms with van der Waals surface area (Å²) in [6.07, 6.45) is 1.22. The van der Waals surface area contributed by atoms with Gasteiger partial charge in [-0.05, 0) is 44.0 Å². The highest BCUT2D eigenvalue weighted by atomic mass is 16.5. The number of hydrogen-bond donors (Lipinski definition) is 2. The van der Waals surface area contributed by atoms with Crippen LogP contribution in [0, 0.1) is 0 Å². The zero-order chi connectivity index (χ0) is 16.6. The zero-order valence-electron chi connectivity index (χ0n) is 13.2. The maximum Gasteiger partial charge on any atom is 0.329 e. The van der Waals surface area contributed by atoms with E-state index in [4.69, 9.17) is 14.6 Å². The SMILES string of the molecule is CCCOc1ccc(OCC(=O)NC(C)(CC)C(=O)O)cc1. The number of benzene rings is 1. The van der Waals surface area contributed by atoms with E-state index in [9.17, 15) is 9.59 Å². The summed E-state index contributed by atoms with van der Waals surface area (Å²) in [5.74, 6) is -0.283. The van der Waals surface area contributed by atoms with E-state index in [0.29, 0.717) is 12.4 Å². The second kappa shape index (κ2) is 8.26. The van der Waals surface area contributed by atoms with Crippen LogP contribution in [0.3, 0.4) is 0 Å². The molecule has 0 fully saturated rings. The Kier molecular flexibility index (Phi) is 6.69. The Morgan fingerprint density at radius 1 is 1.14 bits per heavy atom. The first-order chi connectivity index (χ1) is 10.4. The first-order valence-electron chi connectivity index (χ1n) is 7.31. The molecular formula is C16H23NO5. The molecule has 0 saturated carbocycles. The van der Waals surface area contributed by atoms with E-state index < -0.39 is 17.4 Å². The normalized spacial score (nSPS) is 13.0. The van der Waals surface area contributed by atoms with Crippen molar-refractivity contribution in [2.45, 2.75) is 39.2 Å². The summed E-state index contributed by atoms with van der Waals surface area (Å²) in [6, 6.07) is 6.93. The highest BCUT2D eigenvalue weighted by Gasteiger charge is 2.32. The lowest BCUT2D eigenvalue weighted by molar-refractivity contribution is -0.147. The van der Waals surface area contributed by atoms with Crippen LogP contribution in [-0.4, -0.2) is 35.7 Å². The Morgan fingerprint density at radius 2 is 1.68 bits per heavy atom. The van der Waals surface area contributed by atoms with E-state index in [1.807, 2.05) is 6.92 Å². The van der Waals surface area contributed by atoms with Gasteiger partial charge in [-0.3, -0.25) is 4.79 Å². The van der Waals surface area contributed by atoms with Crippen molar-refractivity contribution in [2.24, 2.45) is 0 Å². The standard InChI is InChI=1S/C16H23NO5/c1-4-10-21-12-6-8-13(9-7-12)22-11-14(18)17-16(3,5-2)15(19)20/h6-9H,4-5,10-11H2,1-3H3,(H,17,18)(H,19,20). The van der Waals surface area contributed by atoms with Crippen LogP contribution in [0.5, 0.6) is 11.5 Å². The minimum atomic E-state index is -1.28. The molecular weight excluding hydrogens is 286 g/mol. The van der Waals surface area contributed by atoms with Gasteiger partial charge < -0.3 is 19.9 Å². The number of carboxylic acids is 1. The number of carbonyl (C=O) groups is 2. The summed E-state index contributed by atoms with van der Waals surface area (Å²) >= 11 is 0. The molecule has 0 radical (unpaired) electrons. The van der Waals surface area contributed by atoms with E-state index in [1.54, 1.807) is 31.2 Å². The van der Waals surface area contributed by atoms with Gasteiger partial charge in [0.15, 0.2) is 6.61 Å². The van der Waals surface area contributed by atoms with Crippen molar-refractivity contribution < 1.29 is 24.2 Å². The minimum absolute atomic E-state index is 0.238. The Balaban J connectivity index is 2.48. The van der Waals surface area contributed by atoms with E-state index in [-0.39, 0.29) is 13.0 Å². The van der Waals surface area contributed by atoms with E-state index >= 15 is 0 Å². The summed E-state index contributed by atoms with van der Waals surface area (Å²) in [6.45, 7) is 5.60. The predicted octanol–water partition coefficient (Wildman–Crippen LogP) is 2.22. The third-order valence-corrected chi connectivity index (χ3v) is 3.26. The zero-order valence-corrected chi connectivity index (χ0v) is 13.2. The molecule has 2 N–H and O–H groups in total. The molecule has 1 rings (SSSR count). The number of carboxylic acid groups (broad SMARTS) is 1. The second-order valence-corrected chi connectivity index (χ2v) is 5.15. The van der Waals surface area contributed by atoms with E-state index in [1.165, 1.54) is 6.92 Å². The maximum absolute atomic E-state index is 11.8. The van der Waals surface area contributed by atoms with Crippen LogP contribution in [-0.2, 0) is 9.59 Å². The molecule has 0 saturated heterocycles. The first kappa shape index (κ1) is 17.8. The number of rotatable bonds is 9. The third kappa shape index (κ3) is 5.27. The quantitative estimate of drug-likeness (QED) is 0.730.